The molecule has 138 valence electrons. The van der Waals surface area contributed by atoms with Crippen LogP contribution in [-0.2, 0) is 4.79 Å². The summed E-state index contributed by atoms with van der Waals surface area (Å²) in [6.07, 6.45) is 1.67. The highest BCUT2D eigenvalue weighted by molar-refractivity contribution is 6.06. The van der Waals surface area contributed by atoms with Gasteiger partial charge in [-0.2, -0.15) is 0 Å². The van der Waals surface area contributed by atoms with Crippen molar-refractivity contribution in [2.75, 3.05) is 0 Å². The molecule has 0 amide bonds. The highest BCUT2D eigenvalue weighted by Crippen LogP contribution is 2.45. The number of hydrogen-bond acceptors (Lipinski definition) is 5. The molecule has 0 spiro atoms. The molecule has 0 saturated heterocycles. The lowest BCUT2D eigenvalue weighted by molar-refractivity contribution is -0.384. The maximum Gasteiger partial charge on any atom is 0.313 e. The molecule has 7 nitrogen and oxygen atoms in total. The van der Waals surface area contributed by atoms with Crippen molar-refractivity contribution in [3.63, 3.8) is 0 Å². The fraction of sp³-hybridized carbons (Fsp3) is 0.250. The molecule has 2 atom stereocenters. The summed E-state index contributed by atoms with van der Waals surface area (Å²) in [5, 5.41) is 21.1. The van der Waals surface area contributed by atoms with Gasteiger partial charge in [0, 0.05) is 46.9 Å². The second-order valence-corrected chi connectivity index (χ2v) is 6.53. The maximum atomic E-state index is 12.1. The van der Waals surface area contributed by atoms with Crippen molar-refractivity contribution in [2.45, 2.75) is 26.7 Å². The molecule has 0 fully saturated rings. The molecule has 2 unspecified atom stereocenters. The predicted octanol–water partition coefficient (Wildman–Crippen LogP) is 3.99. The lowest BCUT2D eigenvalue weighted by Gasteiger charge is -2.32. The first-order valence-electron chi connectivity index (χ1n) is 8.46. The average Bonchev–Trinajstić information content (AvgIpc) is 2.61. The Kier molecular flexibility index (Phi) is 4.85. The van der Waals surface area contributed by atoms with Gasteiger partial charge in [-0.3, -0.25) is 24.9 Å². The van der Waals surface area contributed by atoms with Crippen molar-refractivity contribution in [3.05, 3.63) is 75.2 Å². The van der Waals surface area contributed by atoms with Crippen LogP contribution in [0.5, 0.6) is 0 Å². The third-order valence-corrected chi connectivity index (χ3v) is 4.83. The minimum atomic E-state index is -1.01. The number of carboxylic acids is 1. The summed E-state index contributed by atoms with van der Waals surface area (Å²) in [6.45, 7) is 5.36. The van der Waals surface area contributed by atoms with Gasteiger partial charge < -0.3 is 5.11 Å². The van der Waals surface area contributed by atoms with Crippen molar-refractivity contribution in [3.8, 4) is 0 Å². The molecule has 0 radical (unpaired) electrons. The largest absolute Gasteiger partial charge is 0.481 e. The van der Waals surface area contributed by atoms with Crippen LogP contribution in [0.15, 0.2) is 53.3 Å². The molecule has 2 heterocycles. The van der Waals surface area contributed by atoms with Crippen LogP contribution in [0.25, 0.3) is 5.57 Å². The van der Waals surface area contributed by atoms with Crippen LogP contribution in [-0.4, -0.2) is 26.7 Å². The molecule has 0 saturated carbocycles. The minimum absolute atomic E-state index is 0.0725. The molecular weight excluding hydrogens is 346 g/mol. The van der Waals surface area contributed by atoms with Crippen molar-refractivity contribution in [1.29, 1.82) is 0 Å². The average molecular weight is 365 g/mol. The summed E-state index contributed by atoms with van der Waals surface area (Å²) in [7, 11) is 0. The predicted molar refractivity (Wildman–Crippen MR) is 102 cm³/mol. The number of nitrogens with zero attached hydrogens (tertiary/aromatic N) is 3. The molecule has 1 N–H and O–H groups in total. The molecule has 1 aromatic carbocycles. The van der Waals surface area contributed by atoms with Crippen LogP contribution in [0.1, 0.15) is 36.6 Å². The van der Waals surface area contributed by atoms with E-state index in [0.717, 1.165) is 16.8 Å². The minimum Gasteiger partial charge on any atom is -0.481 e. The quantitative estimate of drug-likeness (QED) is 0.651. The van der Waals surface area contributed by atoms with E-state index < -0.39 is 22.7 Å². The topological polar surface area (TPSA) is 106 Å². The van der Waals surface area contributed by atoms with Crippen molar-refractivity contribution < 1.29 is 14.8 Å². The third-order valence-electron chi connectivity index (χ3n) is 4.83. The highest BCUT2D eigenvalue weighted by Gasteiger charge is 2.39. The maximum absolute atomic E-state index is 12.1. The number of carbonyl (C=O) groups is 1. The van der Waals surface area contributed by atoms with Crippen molar-refractivity contribution in [2.24, 2.45) is 10.9 Å². The highest BCUT2D eigenvalue weighted by atomic mass is 16.6. The Morgan fingerprint density at radius 1 is 1.19 bits per heavy atom. The molecule has 1 aliphatic rings. The number of rotatable bonds is 4. The zero-order valence-corrected chi connectivity index (χ0v) is 15.2. The van der Waals surface area contributed by atoms with Gasteiger partial charge in [-0.25, -0.2) is 0 Å². The van der Waals surface area contributed by atoms with E-state index in [2.05, 4.69) is 9.98 Å². The summed E-state index contributed by atoms with van der Waals surface area (Å²) < 4.78 is 0. The molecule has 1 aliphatic heterocycles. The summed E-state index contributed by atoms with van der Waals surface area (Å²) in [5.41, 5.74) is 3.95. The number of hydrogen-bond donors (Lipinski definition) is 1. The van der Waals surface area contributed by atoms with E-state index in [1.165, 1.54) is 12.1 Å². The van der Waals surface area contributed by atoms with E-state index in [0.29, 0.717) is 17.0 Å². The van der Waals surface area contributed by atoms with Crippen LogP contribution < -0.4 is 0 Å². The van der Waals surface area contributed by atoms with E-state index in [4.69, 9.17) is 0 Å². The van der Waals surface area contributed by atoms with Crippen LogP contribution >= 0.6 is 0 Å². The standard InChI is InChI=1S/C20H19N3O4/c1-11-16(8-5-9-21-11)17-12(2)22-13(3)18(20(24)25)19(17)14-6-4-7-15(10-14)23(26)27/h4-10,18-19H,1-3H3,(H,24,25). The van der Waals surface area contributed by atoms with Gasteiger partial charge in [-0.05, 0) is 38.0 Å². The first-order chi connectivity index (χ1) is 12.8. The number of nitro benzene ring substituents is 1. The number of nitro groups is 1. The first kappa shape index (κ1) is 18.4. The summed E-state index contributed by atoms with van der Waals surface area (Å²) in [4.78, 5) is 31.6. The number of carboxylic acid groups (broad SMARTS) is 1. The SMILES string of the molecule is CC1=NC(C)=C(c2cccnc2C)C(c2cccc([N+](=O)[O-])c2)C1C(=O)O. The summed E-state index contributed by atoms with van der Waals surface area (Å²) >= 11 is 0. The molecule has 7 heteroatoms. The zero-order valence-electron chi connectivity index (χ0n) is 15.2. The number of benzene rings is 1. The van der Waals surface area contributed by atoms with Gasteiger partial charge in [-0.15, -0.1) is 0 Å². The second kappa shape index (κ2) is 7.11. The Labute approximate surface area is 156 Å². The number of allylic oxidation sites excluding steroid dienone is 2. The number of non-ortho nitro benzene ring substituents is 1. The zero-order chi connectivity index (χ0) is 19.7. The van der Waals surface area contributed by atoms with E-state index in [9.17, 15) is 20.0 Å². The van der Waals surface area contributed by atoms with Crippen LogP contribution in [0.4, 0.5) is 5.69 Å². The molecule has 2 aromatic rings. The molecule has 0 aliphatic carbocycles. The van der Waals surface area contributed by atoms with E-state index in [1.807, 2.05) is 19.9 Å². The normalized spacial score (nSPS) is 19.6. The van der Waals surface area contributed by atoms with E-state index in [-0.39, 0.29) is 5.69 Å². The number of aliphatic carboxylic acids is 1. The van der Waals surface area contributed by atoms with E-state index in [1.54, 1.807) is 31.3 Å². The van der Waals surface area contributed by atoms with Crippen molar-refractivity contribution in [1.82, 2.24) is 4.98 Å². The van der Waals surface area contributed by atoms with Crippen LogP contribution in [0.2, 0.25) is 0 Å². The lowest BCUT2D eigenvalue weighted by atomic mass is 9.73. The number of aliphatic imine (C=N–C) groups is 1. The Hall–Kier alpha value is -3.35. The molecule has 3 rings (SSSR count). The van der Waals surface area contributed by atoms with Gasteiger partial charge >= 0.3 is 5.97 Å². The van der Waals surface area contributed by atoms with Gasteiger partial charge in [0.25, 0.3) is 5.69 Å². The Morgan fingerprint density at radius 3 is 2.56 bits per heavy atom. The van der Waals surface area contributed by atoms with E-state index >= 15 is 0 Å². The number of aromatic nitrogens is 1. The number of pyridine rings is 1. The molecule has 27 heavy (non-hydrogen) atoms. The van der Waals surface area contributed by atoms with Gasteiger partial charge in [0.05, 0.1) is 4.92 Å². The number of aryl methyl sites for hydroxylation is 1. The fourth-order valence-corrected chi connectivity index (χ4v) is 3.67. The Balaban J connectivity index is 2.29. The second-order valence-electron chi connectivity index (χ2n) is 6.53. The smallest absolute Gasteiger partial charge is 0.313 e. The Morgan fingerprint density at radius 2 is 1.93 bits per heavy atom. The monoisotopic (exact) mass is 365 g/mol. The third kappa shape index (κ3) is 3.36. The van der Waals surface area contributed by atoms with Crippen molar-refractivity contribution >= 4 is 22.9 Å². The molecule has 1 aromatic heterocycles. The van der Waals surface area contributed by atoms with Gasteiger partial charge in [-0.1, -0.05) is 18.2 Å². The van der Waals surface area contributed by atoms with Crippen LogP contribution in [0, 0.1) is 23.0 Å². The lowest BCUT2D eigenvalue weighted by Crippen LogP contribution is -2.32. The van der Waals surface area contributed by atoms with Gasteiger partial charge in [0.1, 0.15) is 5.92 Å². The summed E-state index contributed by atoms with van der Waals surface area (Å²) in [6, 6.07) is 9.81. The summed E-state index contributed by atoms with van der Waals surface area (Å²) in [5.74, 6) is -2.52. The molecular formula is C20H19N3O4. The van der Waals surface area contributed by atoms with Gasteiger partial charge in [0.15, 0.2) is 0 Å². The van der Waals surface area contributed by atoms with Crippen LogP contribution in [0.3, 0.4) is 0 Å². The first-order valence-corrected chi connectivity index (χ1v) is 8.46. The molecule has 0 bridgehead atoms. The van der Waals surface area contributed by atoms with Gasteiger partial charge in [0.2, 0.25) is 0 Å². The Bertz CT molecular complexity index is 994. The fourth-order valence-electron chi connectivity index (χ4n) is 3.67.